The van der Waals surface area contributed by atoms with Gasteiger partial charge in [0.15, 0.2) is 0 Å². The molecular weight excluding hydrogens is 218 g/mol. The smallest absolute Gasteiger partial charge is 0.335 e. The van der Waals surface area contributed by atoms with Crippen LogP contribution in [0.15, 0.2) is 30.5 Å². The van der Waals surface area contributed by atoms with Gasteiger partial charge in [-0.05, 0) is 31.2 Å². The normalized spacial score (nSPS) is 9.88. The molecule has 1 N–H and O–H groups in total. The summed E-state index contributed by atoms with van der Waals surface area (Å²) >= 11 is 0. The highest BCUT2D eigenvalue weighted by molar-refractivity contribution is 5.88. The first-order valence-electron chi connectivity index (χ1n) is 4.92. The molecule has 0 atom stereocenters. The predicted octanol–water partition coefficient (Wildman–Crippen LogP) is 1.75. The number of carboxylic acid groups (broad SMARTS) is 1. The monoisotopic (exact) mass is 227 g/mol. The van der Waals surface area contributed by atoms with Gasteiger partial charge in [0.05, 0.1) is 22.5 Å². The third kappa shape index (κ3) is 2.01. The number of carboxylic acids is 1. The Morgan fingerprint density at radius 1 is 1.47 bits per heavy atom. The van der Waals surface area contributed by atoms with E-state index in [0.29, 0.717) is 5.69 Å². The lowest BCUT2D eigenvalue weighted by Gasteiger charge is -2.04. The Kier molecular flexibility index (Phi) is 2.63. The number of aryl methyl sites for hydroxylation is 1. The number of benzene rings is 1. The van der Waals surface area contributed by atoms with E-state index >= 15 is 0 Å². The van der Waals surface area contributed by atoms with Gasteiger partial charge in [0.1, 0.15) is 6.07 Å². The Hall–Kier alpha value is -2.61. The molecule has 17 heavy (non-hydrogen) atoms. The zero-order valence-corrected chi connectivity index (χ0v) is 9.08. The van der Waals surface area contributed by atoms with E-state index in [2.05, 4.69) is 5.10 Å². The van der Waals surface area contributed by atoms with E-state index in [1.807, 2.05) is 19.1 Å². The predicted molar refractivity (Wildman–Crippen MR) is 60.0 cm³/mol. The summed E-state index contributed by atoms with van der Waals surface area (Å²) in [6.07, 6.45) is 1.73. The van der Waals surface area contributed by atoms with E-state index in [9.17, 15) is 4.79 Å². The summed E-state index contributed by atoms with van der Waals surface area (Å²) in [5.41, 5.74) is 1.78. The van der Waals surface area contributed by atoms with E-state index in [0.717, 1.165) is 5.69 Å². The molecule has 84 valence electrons. The number of nitrogens with zero attached hydrogens (tertiary/aromatic N) is 3. The van der Waals surface area contributed by atoms with Gasteiger partial charge in [-0.1, -0.05) is 0 Å². The van der Waals surface area contributed by atoms with Crippen LogP contribution in [0.2, 0.25) is 0 Å². The molecule has 0 saturated carbocycles. The van der Waals surface area contributed by atoms with Gasteiger partial charge < -0.3 is 5.11 Å². The summed E-state index contributed by atoms with van der Waals surface area (Å²) in [7, 11) is 0. The summed E-state index contributed by atoms with van der Waals surface area (Å²) in [5, 5.41) is 22.0. The molecule has 0 spiro atoms. The van der Waals surface area contributed by atoms with Crippen LogP contribution in [0, 0.1) is 18.3 Å². The molecule has 5 nitrogen and oxygen atoms in total. The van der Waals surface area contributed by atoms with E-state index in [1.54, 1.807) is 16.9 Å². The minimum atomic E-state index is -1.05. The molecule has 0 aliphatic heterocycles. The van der Waals surface area contributed by atoms with Crippen molar-refractivity contribution in [1.82, 2.24) is 9.78 Å². The number of carbonyl (C=O) groups is 1. The van der Waals surface area contributed by atoms with E-state index < -0.39 is 5.97 Å². The average Bonchev–Trinajstić information content (AvgIpc) is 2.74. The number of nitriles is 1. The maximum atomic E-state index is 10.8. The van der Waals surface area contributed by atoms with Crippen LogP contribution in [0.3, 0.4) is 0 Å². The molecule has 0 bridgehead atoms. The van der Waals surface area contributed by atoms with Crippen molar-refractivity contribution < 1.29 is 9.90 Å². The molecule has 1 heterocycles. The lowest BCUT2D eigenvalue weighted by Crippen LogP contribution is -2.02. The second-order valence-corrected chi connectivity index (χ2v) is 3.55. The van der Waals surface area contributed by atoms with Crippen LogP contribution >= 0.6 is 0 Å². The summed E-state index contributed by atoms with van der Waals surface area (Å²) < 4.78 is 1.56. The van der Waals surface area contributed by atoms with Crippen LogP contribution < -0.4 is 0 Å². The molecule has 1 aromatic heterocycles. The van der Waals surface area contributed by atoms with Gasteiger partial charge in [-0.15, -0.1) is 0 Å². The lowest BCUT2D eigenvalue weighted by molar-refractivity contribution is 0.0697. The van der Waals surface area contributed by atoms with Crippen molar-refractivity contribution in [3.63, 3.8) is 0 Å². The van der Waals surface area contributed by atoms with E-state index in [1.165, 1.54) is 12.1 Å². The molecule has 2 rings (SSSR count). The van der Waals surface area contributed by atoms with E-state index in [4.69, 9.17) is 10.4 Å². The molecule has 0 saturated heterocycles. The van der Waals surface area contributed by atoms with Gasteiger partial charge in [-0.25, -0.2) is 9.48 Å². The number of aromatic nitrogens is 2. The van der Waals surface area contributed by atoms with Crippen molar-refractivity contribution in [2.75, 3.05) is 0 Å². The zero-order valence-electron chi connectivity index (χ0n) is 9.08. The summed E-state index contributed by atoms with van der Waals surface area (Å²) in [6.45, 7) is 1.84. The van der Waals surface area contributed by atoms with Crippen molar-refractivity contribution in [2.24, 2.45) is 0 Å². The van der Waals surface area contributed by atoms with Crippen LogP contribution in [0.5, 0.6) is 0 Å². The molecule has 0 aliphatic carbocycles. The van der Waals surface area contributed by atoms with Crippen molar-refractivity contribution >= 4 is 5.97 Å². The highest BCUT2D eigenvalue weighted by Gasteiger charge is 2.10. The minimum Gasteiger partial charge on any atom is -0.478 e. The second kappa shape index (κ2) is 4.10. The third-order valence-corrected chi connectivity index (χ3v) is 2.33. The maximum absolute atomic E-state index is 10.8. The first-order chi connectivity index (χ1) is 8.11. The third-order valence-electron chi connectivity index (χ3n) is 2.33. The largest absolute Gasteiger partial charge is 0.478 e. The van der Waals surface area contributed by atoms with Crippen LogP contribution in [0.25, 0.3) is 5.69 Å². The first-order valence-corrected chi connectivity index (χ1v) is 4.92. The fourth-order valence-corrected chi connectivity index (χ4v) is 1.51. The van der Waals surface area contributed by atoms with Crippen molar-refractivity contribution in [3.8, 4) is 11.8 Å². The first kappa shape index (κ1) is 10.9. The van der Waals surface area contributed by atoms with Crippen LogP contribution in [0.1, 0.15) is 21.6 Å². The Labute approximate surface area is 97.5 Å². The molecule has 0 fully saturated rings. The molecule has 2 aromatic rings. The number of hydrogen-bond acceptors (Lipinski definition) is 3. The highest BCUT2D eigenvalue weighted by atomic mass is 16.4. The SMILES string of the molecule is Cc1ccn(-c2ccc(C(=O)O)cc2C#N)n1. The highest BCUT2D eigenvalue weighted by Crippen LogP contribution is 2.15. The van der Waals surface area contributed by atoms with Gasteiger partial charge in [0, 0.05) is 6.20 Å². The number of aromatic carboxylic acids is 1. The lowest BCUT2D eigenvalue weighted by atomic mass is 10.1. The fourth-order valence-electron chi connectivity index (χ4n) is 1.51. The zero-order chi connectivity index (χ0) is 12.4. The number of hydrogen-bond donors (Lipinski definition) is 1. The summed E-state index contributed by atoms with van der Waals surface area (Å²) in [6, 6.07) is 8.16. The van der Waals surface area contributed by atoms with Gasteiger partial charge in [-0.3, -0.25) is 0 Å². The Bertz CT molecular complexity index is 623. The molecule has 0 radical (unpaired) electrons. The van der Waals surface area contributed by atoms with Gasteiger partial charge in [0.25, 0.3) is 0 Å². The summed E-state index contributed by atoms with van der Waals surface area (Å²) in [5.74, 6) is -1.05. The van der Waals surface area contributed by atoms with E-state index in [-0.39, 0.29) is 11.1 Å². The molecule has 0 amide bonds. The second-order valence-electron chi connectivity index (χ2n) is 3.55. The Morgan fingerprint density at radius 2 is 2.24 bits per heavy atom. The van der Waals surface area contributed by atoms with Gasteiger partial charge in [0.2, 0.25) is 0 Å². The van der Waals surface area contributed by atoms with Crippen molar-refractivity contribution in [2.45, 2.75) is 6.92 Å². The maximum Gasteiger partial charge on any atom is 0.335 e. The summed E-state index contributed by atoms with van der Waals surface area (Å²) in [4.78, 5) is 10.8. The topological polar surface area (TPSA) is 78.9 Å². The molecule has 0 unspecified atom stereocenters. The molecule has 5 heteroatoms. The Morgan fingerprint density at radius 3 is 2.76 bits per heavy atom. The quantitative estimate of drug-likeness (QED) is 0.847. The van der Waals surface area contributed by atoms with Crippen molar-refractivity contribution in [3.05, 3.63) is 47.3 Å². The average molecular weight is 227 g/mol. The standard InChI is InChI=1S/C12H9N3O2/c1-8-4-5-15(14-8)11-3-2-9(12(16)17)6-10(11)7-13/h2-6H,1H3,(H,16,17). The van der Waals surface area contributed by atoms with Crippen LogP contribution in [0.4, 0.5) is 0 Å². The van der Waals surface area contributed by atoms with Gasteiger partial charge in [-0.2, -0.15) is 10.4 Å². The van der Waals surface area contributed by atoms with Crippen LogP contribution in [-0.2, 0) is 0 Å². The Balaban J connectivity index is 2.56. The van der Waals surface area contributed by atoms with Crippen LogP contribution in [-0.4, -0.2) is 20.9 Å². The van der Waals surface area contributed by atoms with Crippen molar-refractivity contribution in [1.29, 1.82) is 5.26 Å². The number of rotatable bonds is 2. The fraction of sp³-hybridized carbons (Fsp3) is 0.0833. The molecular formula is C12H9N3O2. The van der Waals surface area contributed by atoms with Gasteiger partial charge >= 0.3 is 5.97 Å². The minimum absolute atomic E-state index is 0.0918. The molecule has 1 aromatic carbocycles. The molecule has 0 aliphatic rings.